The fourth-order valence-corrected chi connectivity index (χ4v) is 6.86. The molecule has 0 bridgehead atoms. The number of amides is 3. The van der Waals surface area contributed by atoms with Crippen molar-refractivity contribution < 1.29 is 14.4 Å². The van der Waals surface area contributed by atoms with Gasteiger partial charge in [0.25, 0.3) is 5.91 Å². The predicted octanol–water partition coefficient (Wildman–Crippen LogP) is 3.18. The lowest BCUT2D eigenvalue weighted by molar-refractivity contribution is -0.141. The first-order valence-electron chi connectivity index (χ1n) is 14.1. The highest BCUT2D eigenvalue weighted by molar-refractivity contribution is 6.14. The van der Waals surface area contributed by atoms with Crippen molar-refractivity contribution in [3.63, 3.8) is 0 Å². The molecule has 1 saturated carbocycles. The molecule has 0 aromatic heterocycles. The van der Waals surface area contributed by atoms with Crippen molar-refractivity contribution in [3.8, 4) is 0 Å². The lowest BCUT2D eigenvalue weighted by Crippen LogP contribution is -2.69. The third kappa shape index (κ3) is 4.05. The topological polar surface area (TPSA) is 117 Å². The minimum absolute atomic E-state index is 0.174. The fourth-order valence-electron chi connectivity index (χ4n) is 6.86. The molecule has 8 heteroatoms. The molecule has 6 rings (SSSR count). The van der Waals surface area contributed by atoms with Crippen molar-refractivity contribution >= 4 is 23.4 Å². The van der Waals surface area contributed by atoms with Gasteiger partial charge in [0.05, 0.1) is 0 Å². The van der Waals surface area contributed by atoms with Crippen LogP contribution in [0.4, 0.5) is 5.69 Å². The summed E-state index contributed by atoms with van der Waals surface area (Å²) in [6.45, 7) is 0.521. The highest BCUT2D eigenvalue weighted by atomic mass is 16.2. The van der Waals surface area contributed by atoms with E-state index in [2.05, 4.69) is 16.0 Å². The standard InChI is InChI=1S/C32H35N5O3/c33-32-30(40)37(24-16-8-3-9-17-24)27(28(38)34-20-22-12-4-1-5-13-22)31(32,25-18-10-11-19-26(25)36-32)29(39)35-21-23-14-6-2-7-15-23/h1-2,4-7,10-15,18-19,24,27,36H,3,8-9,16-17,20-21,33H2,(H,34,38)(H,35,39)/t27-,31-,32+/m0/s1. The normalized spacial score (nSPS) is 25.6. The number of anilines is 1. The Bertz CT molecular complexity index is 1410. The molecule has 3 aromatic carbocycles. The Labute approximate surface area is 234 Å². The molecular weight excluding hydrogens is 502 g/mol. The molecule has 206 valence electrons. The zero-order valence-electron chi connectivity index (χ0n) is 22.4. The number of nitrogens with zero attached hydrogens (tertiary/aromatic N) is 1. The minimum Gasteiger partial charge on any atom is -0.358 e. The van der Waals surface area contributed by atoms with E-state index in [0.717, 1.165) is 43.2 Å². The maximum Gasteiger partial charge on any atom is 0.265 e. The molecule has 3 atom stereocenters. The maximum absolute atomic E-state index is 14.6. The molecule has 3 aromatic rings. The van der Waals surface area contributed by atoms with Crippen LogP contribution in [0.1, 0.15) is 48.8 Å². The van der Waals surface area contributed by atoms with Crippen LogP contribution in [0.5, 0.6) is 0 Å². The Kier molecular flexibility index (Phi) is 6.80. The number of benzene rings is 3. The van der Waals surface area contributed by atoms with E-state index in [0.29, 0.717) is 11.3 Å². The lowest BCUT2D eigenvalue weighted by Gasteiger charge is -2.40. The van der Waals surface area contributed by atoms with Gasteiger partial charge < -0.3 is 20.9 Å². The first-order valence-corrected chi connectivity index (χ1v) is 14.1. The molecule has 0 radical (unpaired) electrons. The van der Waals surface area contributed by atoms with Gasteiger partial charge in [0.1, 0.15) is 6.04 Å². The average molecular weight is 538 g/mol. The summed E-state index contributed by atoms with van der Waals surface area (Å²) in [5, 5.41) is 9.32. The van der Waals surface area contributed by atoms with Gasteiger partial charge in [-0.05, 0) is 35.6 Å². The lowest BCUT2D eigenvalue weighted by atomic mass is 9.68. The summed E-state index contributed by atoms with van der Waals surface area (Å²) in [6, 6.07) is 25.2. The van der Waals surface area contributed by atoms with E-state index in [1.165, 1.54) is 0 Å². The van der Waals surface area contributed by atoms with E-state index in [4.69, 9.17) is 5.73 Å². The first-order chi connectivity index (χ1) is 19.5. The second-order valence-corrected chi connectivity index (χ2v) is 11.1. The summed E-state index contributed by atoms with van der Waals surface area (Å²) in [4.78, 5) is 45.0. The zero-order chi connectivity index (χ0) is 27.7. The van der Waals surface area contributed by atoms with E-state index >= 15 is 0 Å². The second kappa shape index (κ2) is 10.4. The van der Waals surface area contributed by atoms with Gasteiger partial charge in [-0.1, -0.05) is 98.1 Å². The average Bonchev–Trinajstić information content (AvgIpc) is 3.38. The number of nitrogens with two attached hydrogens (primary N) is 1. The molecule has 3 aliphatic rings. The van der Waals surface area contributed by atoms with Crippen molar-refractivity contribution in [2.45, 2.75) is 68.4 Å². The largest absolute Gasteiger partial charge is 0.358 e. The number of hydrogen-bond donors (Lipinski definition) is 4. The van der Waals surface area contributed by atoms with Crippen LogP contribution >= 0.6 is 0 Å². The summed E-state index contributed by atoms with van der Waals surface area (Å²) in [5.74, 6) is -1.24. The van der Waals surface area contributed by atoms with E-state index in [-0.39, 0.29) is 25.0 Å². The molecular formula is C32H35N5O3. The number of carbonyl (C=O) groups is 3. The van der Waals surface area contributed by atoms with E-state index in [9.17, 15) is 14.4 Å². The monoisotopic (exact) mass is 537 g/mol. The van der Waals surface area contributed by atoms with Crippen molar-refractivity contribution in [1.29, 1.82) is 0 Å². The Hall–Kier alpha value is -4.17. The smallest absolute Gasteiger partial charge is 0.265 e. The van der Waals surface area contributed by atoms with Crippen LogP contribution in [0.25, 0.3) is 0 Å². The summed E-state index contributed by atoms with van der Waals surface area (Å²) in [5.41, 5.74) is 6.56. The predicted molar refractivity (Wildman–Crippen MR) is 153 cm³/mol. The fraction of sp³-hybridized carbons (Fsp3) is 0.344. The van der Waals surface area contributed by atoms with Crippen molar-refractivity contribution in [2.75, 3.05) is 5.32 Å². The molecule has 1 aliphatic carbocycles. The minimum atomic E-state index is -1.82. The third-order valence-corrected chi connectivity index (χ3v) is 8.75. The van der Waals surface area contributed by atoms with Crippen LogP contribution in [0.15, 0.2) is 84.9 Å². The second-order valence-electron chi connectivity index (χ2n) is 11.1. The molecule has 0 unspecified atom stereocenters. The number of carbonyl (C=O) groups excluding carboxylic acids is 3. The number of hydrogen-bond acceptors (Lipinski definition) is 5. The quantitative estimate of drug-likeness (QED) is 0.370. The van der Waals surface area contributed by atoms with Gasteiger partial charge in [0, 0.05) is 24.8 Å². The van der Waals surface area contributed by atoms with Gasteiger partial charge in [-0.25, -0.2) is 0 Å². The molecule has 40 heavy (non-hydrogen) atoms. The van der Waals surface area contributed by atoms with Crippen LogP contribution in [0.3, 0.4) is 0 Å². The Morgan fingerprint density at radius 2 is 1.40 bits per heavy atom. The number of nitrogens with one attached hydrogen (secondary N) is 3. The number of rotatable bonds is 7. The molecule has 8 nitrogen and oxygen atoms in total. The summed E-state index contributed by atoms with van der Waals surface area (Å²) >= 11 is 0. The van der Waals surface area contributed by atoms with Gasteiger partial charge >= 0.3 is 0 Å². The molecule has 1 saturated heterocycles. The molecule has 2 fully saturated rings. The number of fused-ring (bicyclic) bond motifs is 3. The third-order valence-electron chi connectivity index (χ3n) is 8.75. The van der Waals surface area contributed by atoms with Crippen LogP contribution in [-0.4, -0.2) is 40.4 Å². The number of para-hydroxylation sites is 1. The van der Waals surface area contributed by atoms with Crippen molar-refractivity contribution in [3.05, 3.63) is 102 Å². The van der Waals surface area contributed by atoms with Crippen molar-refractivity contribution in [1.82, 2.24) is 15.5 Å². The van der Waals surface area contributed by atoms with Crippen LogP contribution < -0.4 is 21.7 Å². The van der Waals surface area contributed by atoms with E-state index < -0.39 is 28.9 Å². The molecule has 0 spiro atoms. The van der Waals surface area contributed by atoms with Gasteiger partial charge in [0.2, 0.25) is 11.8 Å². The summed E-state index contributed by atoms with van der Waals surface area (Å²) in [7, 11) is 0. The van der Waals surface area contributed by atoms with E-state index in [1.54, 1.807) is 4.90 Å². The summed E-state index contributed by atoms with van der Waals surface area (Å²) < 4.78 is 0. The van der Waals surface area contributed by atoms with Gasteiger partial charge in [-0.15, -0.1) is 0 Å². The molecule has 2 heterocycles. The van der Waals surface area contributed by atoms with E-state index in [1.807, 2.05) is 84.9 Å². The number of likely N-dealkylation sites (tertiary alicyclic amines) is 1. The molecule has 5 N–H and O–H groups in total. The Balaban J connectivity index is 1.46. The Morgan fingerprint density at radius 1 is 0.825 bits per heavy atom. The van der Waals surface area contributed by atoms with Crippen LogP contribution in [0, 0.1) is 0 Å². The van der Waals surface area contributed by atoms with Crippen LogP contribution in [-0.2, 0) is 32.9 Å². The molecule has 2 aliphatic heterocycles. The van der Waals surface area contributed by atoms with Crippen molar-refractivity contribution in [2.24, 2.45) is 5.73 Å². The zero-order valence-corrected chi connectivity index (χ0v) is 22.4. The maximum atomic E-state index is 14.6. The van der Waals surface area contributed by atoms with Gasteiger partial charge in [-0.3, -0.25) is 20.1 Å². The molecule has 3 amide bonds. The SMILES string of the molecule is N[C@]12Nc3ccccc3[C@@]1(C(=O)NCc1ccccc1)[C@H](C(=O)NCc1ccccc1)N(C1CCCCC1)C2=O. The highest BCUT2D eigenvalue weighted by Crippen LogP contribution is 2.55. The van der Waals surface area contributed by atoms with Gasteiger partial charge in [0.15, 0.2) is 11.1 Å². The highest BCUT2D eigenvalue weighted by Gasteiger charge is 2.77. The summed E-state index contributed by atoms with van der Waals surface area (Å²) in [6.07, 6.45) is 4.55. The Morgan fingerprint density at radius 3 is 2.05 bits per heavy atom. The first kappa shape index (κ1) is 26.1. The van der Waals surface area contributed by atoms with Crippen LogP contribution in [0.2, 0.25) is 0 Å². The van der Waals surface area contributed by atoms with Gasteiger partial charge in [-0.2, -0.15) is 0 Å².